The second-order valence-corrected chi connectivity index (χ2v) is 6.46. The molecular weight excluding hydrogens is 347 g/mol. The lowest BCUT2D eigenvalue weighted by Gasteiger charge is -2.32. The van der Waals surface area contributed by atoms with Crippen molar-refractivity contribution < 1.29 is 18.0 Å². The van der Waals surface area contributed by atoms with Crippen molar-refractivity contribution in [2.45, 2.75) is 38.8 Å². The van der Waals surface area contributed by atoms with Crippen molar-refractivity contribution in [3.63, 3.8) is 0 Å². The summed E-state index contributed by atoms with van der Waals surface area (Å²) in [4.78, 5) is 12.2. The van der Waals surface area contributed by atoms with E-state index >= 15 is 0 Å². The maximum atomic E-state index is 13.0. The molecule has 0 heterocycles. The van der Waals surface area contributed by atoms with Crippen molar-refractivity contribution in [2.75, 3.05) is 5.32 Å². The first-order valence-electron chi connectivity index (χ1n) is 6.92. The highest BCUT2D eigenvalue weighted by molar-refractivity contribution is 9.10. The number of benzene rings is 1. The van der Waals surface area contributed by atoms with Crippen LogP contribution in [0, 0.1) is 18.8 Å². The fraction of sp³-hybridized carbons (Fsp3) is 0.533. The molecule has 1 aliphatic carbocycles. The van der Waals surface area contributed by atoms with Crippen LogP contribution in [0.15, 0.2) is 22.7 Å². The molecule has 0 saturated heterocycles. The van der Waals surface area contributed by atoms with E-state index in [4.69, 9.17) is 0 Å². The van der Waals surface area contributed by atoms with Gasteiger partial charge in [0.25, 0.3) is 0 Å². The Morgan fingerprint density at radius 1 is 1.24 bits per heavy atom. The zero-order valence-electron chi connectivity index (χ0n) is 11.6. The molecule has 0 spiro atoms. The van der Waals surface area contributed by atoms with Gasteiger partial charge in [-0.1, -0.05) is 28.8 Å². The Morgan fingerprint density at radius 3 is 2.52 bits per heavy atom. The highest BCUT2D eigenvalue weighted by Crippen LogP contribution is 2.41. The van der Waals surface area contributed by atoms with Gasteiger partial charge >= 0.3 is 6.18 Å². The zero-order valence-corrected chi connectivity index (χ0v) is 13.2. The average Bonchev–Trinajstić information content (AvgIpc) is 2.36. The van der Waals surface area contributed by atoms with E-state index in [9.17, 15) is 18.0 Å². The molecule has 21 heavy (non-hydrogen) atoms. The molecule has 1 saturated carbocycles. The lowest BCUT2D eigenvalue weighted by atomic mass is 9.78. The first-order chi connectivity index (χ1) is 9.77. The minimum absolute atomic E-state index is 0.0408. The molecule has 1 amide bonds. The van der Waals surface area contributed by atoms with Gasteiger partial charge in [0.15, 0.2) is 0 Å². The number of nitrogens with one attached hydrogen (secondary N) is 1. The molecule has 0 radical (unpaired) electrons. The second kappa shape index (κ2) is 6.38. The van der Waals surface area contributed by atoms with Crippen molar-refractivity contribution in [2.24, 2.45) is 11.8 Å². The summed E-state index contributed by atoms with van der Waals surface area (Å²) in [6.45, 7) is 1.86. The van der Waals surface area contributed by atoms with Crippen molar-refractivity contribution in [3.8, 4) is 0 Å². The lowest BCUT2D eigenvalue weighted by Crippen LogP contribution is -2.39. The van der Waals surface area contributed by atoms with Gasteiger partial charge in [-0.2, -0.15) is 13.2 Å². The van der Waals surface area contributed by atoms with E-state index in [0.717, 1.165) is 10.0 Å². The molecule has 0 aliphatic heterocycles. The van der Waals surface area contributed by atoms with Crippen LogP contribution in [0.5, 0.6) is 0 Å². The van der Waals surface area contributed by atoms with E-state index in [1.165, 1.54) is 0 Å². The number of anilines is 1. The van der Waals surface area contributed by atoms with Gasteiger partial charge in [0.2, 0.25) is 5.91 Å². The third-order valence-corrected chi connectivity index (χ3v) is 4.29. The average molecular weight is 364 g/mol. The molecule has 6 heteroatoms. The van der Waals surface area contributed by atoms with E-state index in [0.29, 0.717) is 24.9 Å². The van der Waals surface area contributed by atoms with E-state index in [2.05, 4.69) is 21.2 Å². The molecule has 1 aromatic carbocycles. The smallest absolute Gasteiger partial charge is 0.326 e. The van der Waals surface area contributed by atoms with Gasteiger partial charge in [-0.3, -0.25) is 4.79 Å². The van der Waals surface area contributed by atoms with Gasteiger partial charge in [0, 0.05) is 16.1 Å². The number of alkyl halides is 3. The topological polar surface area (TPSA) is 29.1 Å². The Labute approximate surface area is 130 Å². The summed E-state index contributed by atoms with van der Waals surface area (Å²) >= 11 is 3.31. The third kappa shape index (κ3) is 4.22. The van der Waals surface area contributed by atoms with Crippen LogP contribution in [0.4, 0.5) is 18.9 Å². The van der Waals surface area contributed by atoms with Crippen LogP contribution in [0.3, 0.4) is 0 Å². The van der Waals surface area contributed by atoms with Crippen molar-refractivity contribution in [1.82, 2.24) is 0 Å². The maximum absolute atomic E-state index is 13.0. The summed E-state index contributed by atoms with van der Waals surface area (Å²) in [5, 5.41) is 2.63. The molecule has 1 aromatic rings. The monoisotopic (exact) mass is 363 g/mol. The standard InChI is InChI=1S/C15H17BrF3NO/c1-9-6-10(16)8-11(7-9)20-14(21)12-4-2-3-5-13(12)15(17,18)19/h6-8,12-13H,2-5H2,1H3,(H,20,21). The van der Waals surface area contributed by atoms with E-state index < -0.39 is 23.9 Å². The maximum Gasteiger partial charge on any atom is 0.392 e. The molecule has 0 bridgehead atoms. The summed E-state index contributed by atoms with van der Waals surface area (Å²) < 4.78 is 39.9. The number of amides is 1. The van der Waals surface area contributed by atoms with Crippen LogP contribution in [0.1, 0.15) is 31.2 Å². The quantitative estimate of drug-likeness (QED) is 0.781. The molecule has 2 unspecified atom stereocenters. The Bertz CT molecular complexity index is 510. The predicted molar refractivity (Wildman–Crippen MR) is 79.0 cm³/mol. The fourth-order valence-corrected chi connectivity index (χ4v) is 3.49. The fourth-order valence-electron chi connectivity index (χ4n) is 2.88. The van der Waals surface area contributed by atoms with Gasteiger partial charge < -0.3 is 5.32 Å². The molecular formula is C15H17BrF3NO. The third-order valence-electron chi connectivity index (χ3n) is 3.83. The van der Waals surface area contributed by atoms with Crippen LogP contribution < -0.4 is 5.32 Å². The van der Waals surface area contributed by atoms with Gasteiger partial charge in [0.05, 0.1) is 5.92 Å². The minimum atomic E-state index is -4.31. The number of carbonyl (C=O) groups excluding carboxylic acids is 1. The number of rotatable bonds is 2. The van der Waals surface area contributed by atoms with Crippen LogP contribution >= 0.6 is 15.9 Å². The first kappa shape index (κ1) is 16.3. The number of hydrogen-bond donors (Lipinski definition) is 1. The second-order valence-electron chi connectivity index (χ2n) is 5.55. The van der Waals surface area contributed by atoms with E-state index in [1.54, 1.807) is 12.1 Å². The molecule has 2 rings (SSSR count). The number of halogens is 4. The Balaban J connectivity index is 2.14. The van der Waals surface area contributed by atoms with Crippen LogP contribution in [0.25, 0.3) is 0 Å². The zero-order chi connectivity index (χ0) is 15.6. The van der Waals surface area contributed by atoms with Crippen molar-refractivity contribution >= 4 is 27.5 Å². The molecule has 2 atom stereocenters. The SMILES string of the molecule is Cc1cc(Br)cc(NC(=O)C2CCCCC2C(F)(F)F)c1. The Morgan fingerprint density at radius 2 is 1.90 bits per heavy atom. The molecule has 1 aliphatic rings. The summed E-state index contributed by atoms with van der Waals surface area (Å²) in [6.07, 6.45) is -2.77. The van der Waals surface area contributed by atoms with Gasteiger partial charge in [-0.05, 0) is 43.5 Å². The summed E-state index contributed by atoms with van der Waals surface area (Å²) in [5.41, 5.74) is 1.45. The van der Waals surface area contributed by atoms with Crippen LogP contribution in [-0.2, 0) is 4.79 Å². The van der Waals surface area contributed by atoms with Crippen LogP contribution in [-0.4, -0.2) is 12.1 Å². The summed E-state index contributed by atoms with van der Waals surface area (Å²) in [5.74, 6) is -3.05. The number of carbonyl (C=O) groups is 1. The normalized spacial score (nSPS) is 22.9. The molecule has 1 fully saturated rings. The number of hydrogen-bond acceptors (Lipinski definition) is 1. The van der Waals surface area contributed by atoms with Gasteiger partial charge in [0.1, 0.15) is 0 Å². The van der Waals surface area contributed by atoms with Crippen molar-refractivity contribution in [3.05, 3.63) is 28.2 Å². The summed E-state index contributed by atoms with van der Waals surface area (Å²) in [7, 11) is 0. The minimum Gasteiger partial charge on any atom is -0.326 e. The van der Waals surface area contributed by atoms with Gasteiger partial charge in [-0.25, -0.2) is 0 Å². The summed E-state index contributed by atoms with van der Waals surface area (Å²) in [6, 6.07) is 5.30. The Hall–Kier alpha value is -1.04. The van der Waals surface area contributed by atoms with E-state index in [-0.39, 0.29) is 6.42 Å². The number of aryl methyl sites for hydroxylation is 1. The largest absolute Gasteiger partial charge is 0.392 e. The Kier molecular flexibility index (Phi) is 4.96. The van der Waals surface area contributed by atoms with E-state index in [1.807, 2.05) is 13.0 Å². The molecule has 116 valence electrons. The lowest BCUT2D eigenvalue weighted by molar-refractivity contribution is -0.197. The molecule has 0 aromatic heterocycles. The molecule has 1 N–H and O–H groups in total. The first-order valence-corrected chi connectivity index (χ1v) is 7.71. The predicted octanol–water partition coefficient (Wildman–Crippen LogP) is 5.06. The molecule has 2 nitrogen and oxygen atoms in total. The van der Waals surface area contributed by atoms with Gasteiger partial charge in [-0.15, -0.1) is 0 Å². The van der Waals surface area contributed by atoms with Crippen molar-refractivity contribution in [1.29, 1.82) is 0 Å². The van der Waals surface area contributed by atoms with Crippen LogP contribution in [0.2, 0.25) is 0 Å². The highest BCUT2D eigenvalue weighted by Gasteiger charge is 2.48. The highest BCUT2D eigenvalue weighted by atomic mass is 79.9.